The van der Waals surface area contributed by atoms with E-state index in [2.05, 4.69) is 356 Å². The highest BCUT2D eigenvalue weighted by molar-refractivity contribution is 6.30. The maximum Gasteiger partial charge on any atom is 0.145 e. The molecule has 0 N–H and O–H groups in total. The minimum atomic E-state index is -0.330. The second kappa shape index (κ2) is 20.1. The van der Waals surface area contributed by atoms with Gasteiger partial charge < -0.3 is 37.6 Å². The van der Waals surface area contributed by atoms with Crippen molar-refractivity contribution < 1.29 is 8.83 Å². The molecule has 4 aliphatic rings. The molecule has 23 rings (SSSR count). The maximum atomic E-state index is 7.19. The van der Waals surface area contributed by atoms with Gasteiger partial charge in [-0.2, -0.15) is 0 Å². The van der Waals surface area contributed by atoms with E-state index < -0.39 is 0 Å². The Morgan fingerprint density at radius 2 is 0.600 bits per heavy atom. The van der Waals surface area contributed by atoms with Crippen LogP contribution in [-0.4, -0.2) is 9.13 Å². The smallest absolute Gasteiger partial charge is 0.145 e. The van der Waals surface area contributed by atoms with Gasteiger partial charge in [0, 0.05) is 111 Å². The summed E-state index contributed by atoms with van der Waals surface area (Å²) in [6.45, 7) is 0. The molecule has 19 aromatic rings. The lowest BCUT2D eigenvalue weighted by Gasteiger charge is -2.46. The van der Waals surface area contributed by atoms with Gasteiger partial charge in [-0.25, -0.2) is 0 Å². The van der Waals surface area contributed by atoms with E-state index in [1.807, 2.05) is 0 Å². The SMILES string of the molecule is c1ccc(N(c2ccccc2)c2cc3c4c(c2)N(c2ccccc2)c2cc5c(cc2C4n2c4ccccc4c4c6oc7ccccc7c6cc-3c42)C2c3c(cc(N(c4ccccc4)c4ccccc4)cc3N5c3ccccc3)-c3cc4c5ccccc5oc4c4c5ccccc5n2c34)cc1. The fourth-order valence-electron chi connectivity index (χ4n) is 18.0. The van der Waals surface area contributed by atoms with Crippen molar-refractivity contribution in [1.29, 1.82) is 0 Å². The first-order valence-electron chi connectivity index (χ1n) is 34.5. The third-order valence-electron chi connectivity index (χ3n) is 21.9. The zero-order valence-electron chi connectivity index (χ0n) is 53.8. The van der Waals surface area contributed by atoms with Crippen LogP contribution >= 0.6 is 0 Å². The number of aromatic nitrogens is 2. The molecule has 2 atom stereocenters. The van der Waals surface area contributed by atoms with Gasteiger partial charge in [0.25, 0.3) is 0 Å². The lowest BCUT2D eigenvalue weighted by molar-refractivity contribution is 0.671. The van der Waals surface area contributed by atoms with E-state index in [-0.39, 0.29) is 12.1 Å². The summed E-state index contributed by atoms with van der Waals surface area (Å²) >= 11 is 0. The van der Waals surface area contributed by atoms with Gasteiger partial charge >= 0.3 is 0 Å². The van der Waals surface area contributed by atoms with Crippen molar-refractivity contribution in [3.05, 3.63) is 350 Å². The van der Waals surface area contributed by atoms with Gasteiger partial charge in [-0.1, -0.05) is 182 Å². The van der Waals surface area contributed by atoms with Gasteiger partial charge in [0.2, 0.25) is 0 Å². The molecule has 8 heterocycles. The Morgan fingerprint density at radius 3 is 0.990 bits per heavy atom. The van der Waals surface area contributed by atoms with Gasteiger partial charge in [-0.3, -0.25) is 0 Å². The first-order valence-corrected chi connectivity index (χ1v) is 34.5. The van der Waals surface area contributed by atoms with Crippen LogP contribution < -0.4 is 19.6 Å². The molecule has 0 saturated carbocycles. The predicted molar refractivity (Wildman–Crippen MR) is 411 cm³/mol. The number of benzene rings is 15. The molecule has 0 amide bonds. The van der Waals surface area contributed by atoms with Crippen LogP contribution in [0.1, 0.15) is 34.3 Å². The summed E-state index contributed by atoms with van der Waals surface area (Å²) in [6.07, 6.45) is 0. The zero-order valence-corrected chi connectivity index (χ0v) is 53.8. The summed E-state index contributed by atoms with van der Waals surface area (Å²) in [5.74, 6) is 0. The van der Waals surface area contributed by atoms with Crippen molar-refractivity contribution in [3.63, 3.8) is 0 Å². The highest BCUT2D eigenvalue weighted by atomic mass is 16.3. The Labute approximate surface area is 574 Å². The number of para-hydroxylation sites is 10. The Balaban J connectivity index is 0.898. The van der Waals surface area contributed by atoms with Crippen LogP contribution in [0.25, 0.3) is 110 Å². The second-order valence-electron chi connectivity index (χ2n) is 27.0. The molecule has 0 spiro atoms. The van der Waals surface area contributed by atoms with E-state index in [4.69, 9.17) is 8.83 Å². The zero-order chi connectivity index (χ0) is 65.0. The molecule has 466 valence electrons. The summed E-state index contributed by atoms with van der Waals surface area (Å²) in [7, 11) is 0. The number of hydrogen-bond acceptors (Lipinski definition) is 6. The van der Waals surface area contributed by atoms with Crippen LogP contribution in [-0.2, 0) is 0 Å². The van der Waals surface area contributed by atoms with Crippen LogP contribution in [0.15, 0.2) is 336 Å². The van der Waals surface area contributed by atoms with E-state index in [0.717, 1.165) is 156 Å². The number of nitrogens with zero attached hydrogens (tertiary/aromatic N) is 6. The summed E-state index contributed by atoms with van der Waals surface area (Å²) < 4.78 is 19.8. The largest absolute Gasteiger partial charge is 0.455 e. The van der Waals surface area contributed by atoms with E-state index in [0.29, 0.717) is 0 Å². The molecule has 4 aromatic heterocycles. The number of furan rings is 2. The summed E-state index contributed by atoms with van der Waals surface area (Å²) in [6, 6.07) is 120. The van der Waals surface area contributed by atoms with Gasteiger partial charge in [0.05, 0.1) is 67.7 Å². The van der Waals surface area contributed by atoms with Crippen molar-refractivity contribution in [3.8, 4) is 22.3 Å². The standard InChI is InChI=1S/C92H56N6O2/c1-7-27-55(28-8-1)93(56-29-9-2-10-30-56)61-47-67-69-51-71-63-39-21-25-45-81(63)99-91(71)85-65-41-19-23-43-75(65)97(87(69)85)89-73-53-74-78(54-77(73)95(79(49-61)83(67)89)59-35-15-5-16-36-59)96(60-37-17-6-18-38-60)80-50-62(94(57-31-11-3-12-32-57)58-33-13-4-14-34-58)48-68-70-52-72-64-40-22-26-46-82(64)100-92(72)86-66-42-20-24-44-76(66)98(88(70)86)90(74)84(68)80/h1-54,89-90H. The van der Waals surface area contributed by atoms with Crippen molar-refractivity contribution in [2.24, 2.45) is 0 Å². The maximum absolute atomic E-state index is 7.19. The van der Waals surface area contributed by atoms with Crippen molar-refractivity contribution in [2.45, 2.75) is 12.1 Å². The number of anilines is 12. The molecule has 0 saturated heterocycles. The van der Waals surface area contributed by atoms with Crippen molar-refractivity contribution >= 4 is 156 Å². The Bertz CT molecular complexity index is 6200. The van der Waals surface area contributed by atoms with Gasteiger partial charge in [-0.15, -0.1) is 0 Å². The molecular formula is C92H56N6O2. The van der Waals surface area contributed by atoms with Gasteiger partial charge in [-0.05, 0) is 157 Å². The highest BCUT2D eigenvalue weighted by Crippen LogP contribution is 2.66. The number of rotatable bonds is 8. The summed E-state index contributed by atoms with van der Waals surface area (Å²) in [4.78, 5) is 10.0. The van der Waals surface area contributed by atoms with Crippen LogP contribution in [0.5, 0.6) is 0 Å². The molecule has 100 heavy (non-hydrogen) atoms. The van der Waals surface area contributed by atoms with Crippen LogP contribution in [0, 0.1) is 0 Å². The predicted octanol–water partition coefficient (Wildman–Crippen LogP) is 25.4. The molecule has 0 radical (unpaired) electrons. The monoisotopic (exact) mass is 1280 g/mol. The van der Waals surface area contributed by atoms with Gasteiger partial charge in [0.1, 0.15) is 22.3 Å². The molecule has 0 bridgehead atoms. The fraction of sp³-hybridized carbons (Fsp3) is 0.0217. The molecule has 4 aliphatic heterocycles. The van der Waals surface area contributed by atoms with E-state index in [9.17, 15) is 0 Å². The average molecular weight is 1280 g/mol. The molecule has 8 nitrogen and oxygen atoms in total. The minimum absolute atomic E-state index is 0.330. The number of hydrogen-bond donors (Lipinski definition) is 0. The van der Waals surface area contributed by atoms with Crippen LogP contribution in [0.2, 0.25) is 0 Å². The summed E-state index contributed by atoms with van der Waals surface area (Å²) in [5, 5.41) is 8.96. The average Bonchev–Trinajstić information content (AvgIpc) is 1.32. The van der Waals surface area contributed by atoms with Crippen LogP contribution in [0.3, 0.4) is 0 Å². The summed E-state index contributed by atoms with van der Waals surface area (Å²) in [5.41, 5.74) is 30.6. The first-order chi connectivity index (χ1) is 49.7. The van der Waals surface area contributed by atoms with E-state index in [1.165, 1.54) is 44.5 Å². The molecule has 2 unspecified atom stereocenters. The Morgan fingerprint density at radius 1 is 0.260 bits per heavy atom. The first kappa shape index (κ1) is 53.9. The third kappa shape index (κ3) is 7.22. The van der Waals surface area contributed by atoms with Crippen molar-refractivity contribution in [2.75, 3.05) is 19.6 Å². The topological polar surface area (TPSA) is 49.1 Å². The molecule has 8 heteroatoms. The third-order valence-corrected chi connectivity index (χ3v) is 21.9. The quantitative estimate of drug-likeness (QED) is 0.151. The number of fused-ring (bicyclic) bond motifs is 22. The van der Waals surface area contributed by atoms with Crippen molar-refractivity contribution in [1.82, 2.24) is 9.13 Å². The normalized spacial score (nSPS) is 14.6. The Hall–Kier alpha value is -13.3. The van der Waals surface area contributed by atoms with E-state index in [1.54, 1.807) is 0 Å². The van der Waals surface area contributed by atoms with Gasteiger partial charge in [0.15, 0.2) is 0 Å². The fourth-order valence-corrected chi connectivity index (χ4v) is 18.0. The van der Waals surface area contributed by atoms with E-state index >= 15 is 0 Å². The highest BCUT2D eigenvalue weighted by Gasteiger charge is 2.47. The lowest BCUT2D eigenvalue weighted by atomic mass is 9.77. The second-order valence-corrected chi connectivity index (χ2v) is 27.0. The van der Waals surface area contributed by atoms with Crippen LogP contribution in [0.4, 0.5) is 68.2 Å². The minimum Gasteiger partial charge on any atom is -0.455 e. The molecule has 0 aliphatic carbocycles. The Kier molecular flexibility index (Phi) is 10.9. The molecule has 15 aromatic carbocycles. The lowest BCUT2D eigenvalue weighted by Crippen LogP contribution is -2.32. The molecule has 0 fully saturated rings. The molecular weight excluding hydrogens is 1220 g/mol.